The van der Waals surface area contributed by atoms with Crippen molar-refractivity contribution in [3.8, 4) is 11.8 Å². The Labute approximate surface area is 194 Å². The topological polar surface area (TPSA) is 95.1 Å². The molecule has 0 unspecified atom stereocenters. The fourth-order valence-corrected chi connectivity index (χ4v) is 4.32. The first-order valence-electron chi connectivity index (χ1n) is 11.0. The summed E-state index contributed by atoms with van der Waals surface area (Å²) in [6.45, 7) is 2.70. The van der Waals surface area contributed by atoms with E-state index in [0.717, 1.165) is 36.5 Å². The van der Waals surface area contributed by atoms with E-state index in [1.807, 2.05) is 13.0 Å². The second-order valence-electron chi connectivity index (χ2n) is 8.32. The van der Waals surface area contributed by atoms with Gasteiger partial charge in [-0.2, -0.15) is 9.97 Å². The number of anilines is 1. The Morgan fingerprint density at radius 1 is 1.15 bits per heavy atom. The van der Waals surface area contributed by atoms with Gasteiger partial charge in [-0.25, -0.2) is 8.78 Å². The molecule has 3 heterocycles. The van der Waals surface area contributed by atoms with Crippen LogP contribution in [0.5, 0.6) is 5.88 Å². The fraction of sp³-hybridized carbons (Fsp3) is 0.240. The van der Waals surface area contributed by atoms with E-state index in [1.165, 1.54) is 18.2 Å². The highest BCUT2D eigenvalue weighted by Crippen LogP contribution is 2.32. The standard InChI is InChI=1S/C25H23F2N5O2/c1-14-9-19-20(22(28)33)11-17(27)12-21(19)32(14)25-30-23(18-7-2-3-8-34-24(18)31-25)29-13-15-5-4-6-16(26)10-15/h4-6,9-12H,2-3,7-8,13H2,1H3,(H2,28,33)(H,29,30,31). The molecule has 1 aliphatic heterocycles. The number of nitrogens with zero attached hydrogens (tertiary/aromatic N) is 3. The zero-order chi connectivity index (χ0) is 23.8. The van der Waals surface area contributed by atoms with E-state index >= 15 is 0 Å². The average Bonchev–Trinajstić information content (AvgIpc) is 2.96. The van der Waals surface area contributed by atoms with Gasteiger partial charge in [0.05, 0.1) is 23.3 Å². The third-order valence-corrected chi connectivity index (χ3v) is 5.90. The molecule has 2 aromatic carbocycles. The molecule has 34 heavy (non-hydrogen) atoms. The largest absolute Gasteiger partial charge is 0.477 e. The quantitative estimate of drug-likeness (QED) is 0.457. The Morgan fingerprint density at radius 2 is 2.00 bits per heavy atom. The summed E-state index contributed by atoms with van der Waals surface area (Å²) in [5.41, 5.74) is 8.31. The second-order valence-corrected chi connectivity index (χ2v) is 8.32. The van der Waals surface area contributed by atoms with E-state index in [-0.39, 0.29) is 17.3 Å². The second kappa shape index (κ2) is 8.74. The molecular formula is C25H23F2N5O2. The number of hydrogen-bond acceptors (Lipinski definition) is 5. The maximum atomic E-state index is 14.4. The van der Waals surface area contributed by atoms with Crippen molar-refractivity contribution in [3.05, 3.63) is 76.5 Å². The molecule has 0 atom stereocenters. The molecule has 0 bridgehead atoms. The van der Waals surface area contributed by atoms with Crippen molar-refractivity contribution in [2.75, 3.05) is 11.9 Å². The predicted octanol–water partition coefficient (Wildman–Crippen LogP) is 4.43. The summed E-state index contributed by atoms with van der Waals surface area (Å²) in [5, 5.41) is 3.81. The molecule has 4 aromatic rings. The Morgan fingerprint density at radius 3 is 2.79 bits per heavy atom. The van der Waals surface area contributed by atoms with Crippen LogP contribution >= 0.6 is 0 Å². The smallest absolute Gasteiger partial charge is 0.249 e. The van der Waals surface area contributed by atoms with Crippen molar-refractivity contribution in [2.24, 2.45) is 5.73 Å². The van der Waals surface area contributed by atoms with Crippen molar-refractivity contribution in [1.82, 2.24) is 14.5 Å². The van der Waals surface area contributed by atoms with Crippen LogP contribution in [-0.4, -0.2) is 27.0 Å². The Bertz CT molecular complexity index is 1420. The van der Waals surface area contributed by atoms with Gasteiger partial charge in [0.2, 0.25) is 17.7 Å². The Balaban J connectivity index is 1.64. The van der Waals surface area contributed by atoms with E-state index < -0.39 is 11.7 Å². The molecule has 7 nitrogen and oxygen atoms in total. The van der Waals surface area contributed by atoms with Crippen LogP contribution in [0.25, 0.3) is 16.9 Å². The molecule has 0 aliphatic carbocycles. The molecule has 1 amide bonds. The number of carbonyl (C=O) groups excluding carboxylic acids is 1. The van der Waals surface area contributed by atoms with E-state index in [1.54, 1.807) is 16.7 Å². The van der Waals surface area contributed by atoms with Gasteiger partial charge in [0.25, 0.3) is 0 Å². The van der Waals surface area contributed by atoms with Gasteiger partial charge in [-0.15, -0.1) is 0 Å². The lowest BCUT2D eigenvalue weighted by Gasteiger charge is -2.16. The molecule has 1 aliphatic rings. The SMILES string of the molecule is Cc1cc2c(C(N)=O)cc(F)cc2n1-c1nc(NCc2cccc(F)c2)c2c(n1)OCCCC2. The number of benzene rings is 2. The van der Waals surface area contributed by atoms with Crippen molar-refractivity contribution >= 4 is 22.6 Å². The van der Waals surface area contributed by atoms with E-state index in [4.69, 9.17) is 15.5 Å². The summed E-state index contributed by atoms with van der Waals surface area (Å²) >= 11 is 0. The monoisotopic (exact) mass is 463 g/mol. The van der Waals surface area contributed by atoms with Crippen LogP contribution in [0.2, 0.25) is 0 Å². The van der Waals surface area contributed by atoms with E-state index in [9.17, 15) is 13.6 Å². The molecule has 2 aromatic heterocycles. The molecular weight excluding hydrogens is 440 g/mol. The van der Waals surface area contributed by atoms with Crippen LogP contribution in [-0.2, 0) is 13.0 Å². The highest BCUT2D eigenvalue weighted by Gasteiger charge is 2.22. The first-order chi connectivity index (χ1) is 16.4. The predicted molar refractivity (Wildman–Crippen MR) is 124 cm³/mol. The van der Waals surface area contributed by atoms with Gasteiger partial charge in [-0.3, -0.25) is 9.36 Å². The number of aromatic nitrogens is 3. The number of rotatable bonds is 5. The average molecular weight is 463 g/mol. The van der Waals surface area contributed by atoms with E-state index in [0.29, 0.717) is 41.4 Å². The van der Waals surface area contributed by atoms with Crippen LogP contribution in [0.4, 0.5) is 14.6 Å². The number of carbonyl (C=O) groups is 1. The highest BCUT2D eigenvalue weighted by atomic mass is 19.1. The highest BCUT2D eigenvalue weighted by molar-refractivity contribution is 6.06. The molecule has 0 radical (unpaired) electrons. The van der Waals surface area contributed by atoms with E-state index in [2.05, 4.69) is 10.3 Å². The lowest BCUT2D eigenvalue weighted by Crippen LogP contribution is -2.13. The van der Waals surface area contributed by atoms with Gasteiger partial charge in [-0.05, 0) is 62.1 Å². The minimum Gasteiger partial charge on any atom is -0.477 e. The van der Waals surface area contributed by atoms with Crippen molar-refractivity contribution in [2.45, 2.75) is 32.7 Å². The number of fused-ring (bicyclic) bond motifs is 2. The van der Waals surface area contributed by atoms with Crippen LogP contribution in [0.3, 0.4) is 0 Å². The molecule has 0 saturated carbocycles. The summed E-state index contributed by atoms with van der Waals surface area (Å²) in [6.07, 6.45) is 2.53. The zero-order valence-corrected chi connectivity index (χ0v) is 18.6. The number of halogens is 2. The maximum Gasteiger partial charge on any atom is 0.249 e. The van der Waals surface area contributed by atoms with Gasteiger partial charge < -0.3 is 15.8 Å². The van der Waals surface area contributed by atoms with Crippen molar-refractivity contribution in [1.29, 1.82) is 0 Å². The number of nitrogens with one attached hydrogen (secondary N) is 1. The van der Waals surface area contributed by atoms with Crippen molar-refractivity contribution in [3.63, 3.8) is 0 Å². The molecule has 0 spiro atoms. The van der Waals surface area contributed by atoms with Gasteiger partial charge in [0.15, 0.2) is 0 Å². The molecule has 9 heteroatoms. The van der Waals surface area contributed by atoms with Crippen molar-refractivity contribution < 1.29 is 18.3 Å². The first-order valence-corrected chi connectivity index (χ1v) is 11.0. The number of aryl methyl sites for hydroxylation is 1. The normalized spacial score (nSPS) is 13.3. The third-order valence-electron chi connectivity index (χ3n) is 5.90. The molecule has 174 valence electrons. The van der Waals surface area contributed by atoms with Crippen LogP contribution < -0.4 is 15.8 Å². The van der Waals surface area contributed by atoms with Gasteiger partial charge in [0, 0.05) is 17.6 Å². The maximum absolute atomic E-state index is 14.4. The number of primary amides is 1. The Hall–Kier alpha value is -4.01. The molecule has 0 saturated heterocycles. The zero-order valence-electron chi connectivity index (χ0n) is 18.6. The van der Waals surface area contributed by atoms with Gasteiger partial charge in [-0.1, -0.05) is 12.1 Å². The van der Waals surface area contributed by atoms with Gasteiger partial charge in [0.1, 0.15) is 17.5 Å². The third kappa shape index (κ3) is 4.05. The Kier molecular flexibility index (Phi) is 5.61. The minimum atomic E-state index is -0.717. The summed E-state index contributed by atoms with van der Waals surface area (Å²) in [7, 11) is 0. The number of amides is 1. The summed E-state index contributed by atoms with van der Waals surface area (Å²) in [4.78, 5) is 21.3. The van der Waals surface area contributed by atoms with Gasteiger partial charge >= 0.3 is 0 Å². The first kappa shape index (κ1) is 21.8. The van der Waals surface area contributed by atoms with Crippen LogP contribution in [0.1, 0.15) is 40.0 Å². The summed E-state index contributed by atoms with van der Waals surface area (Å²) in [6, 6.07) is 10.5. The lowest BCUT2D eigenvalue weighted by atomic mass is 10.1. The lowest BCUT2D eigenvalue weighted by molar-refractivity contribution is 0.100. The number of nitrogens with two attached hydrogens (primary N) is 1. The molecule has 3 N–H and O–H groups in total. The number of hydrogen-bond donors (Lipinski definition) is 2. The fourth-order valence-electron chi connectivity index (χ4n) is 4.32. The van der Waals surface area contributed by atoms with Crippen LogP contribution in [0, 0.1) is 18.6 Å². The summed E-state index contributed by atoms with van der Waals surface area (Å²) < 4.78 is 35.6. The molecule has 5 rings (SSSR count). The summed E-state index contributed by atoms with van der Waals surface area (Å²) in [5.74, 6) is -0.320. The van der Waals surface area contributed by atoms with Crippen LogP contribution in [0.15, 0.2) is 42.5 Å². The number of ether oxygens (including phenoxy) is 1. The minimum absolute atomic E-state index is 0.0901. The molecule has 0 fully saturated rings.